The fourth-order valence-electron chi connectivity index (χ4n) is 2.73. The molecule has 2 fully saturated rings. The van der Waals surface area contributed by atoms with Gasteiger partial charge in [0.25, 0.3) is 0 Å². The van der Waals surface area contributed by atoms with E-state index in [0.717, 1.165) is 17.4 Å². The van der Waals surface area contributed by atoms with Gasteiger partial charge in [-0.2, -0.15) is 0 Å². The number of hydrogen-bond acceptors (Lipinski definition) is 1. The molecule has 0 heterocycles. The first-order valence-corrected chi connectivity index (χ1v) is 6.94. The average molecular weight is 209 g/mol. The van der Waals surface area contributed by atoms with Crippen molar-refractivity contribution in [1.29, 1.82) is 0 Å². The van der Waals surface area contributed by atoms with Gasteiger partial charge in [0.2, 0.25) is 0 Å². The summed E-state index contributed by atoms with van der Waals surface area (Å²) in [7, 11) is 0. The third kappa shape index (κ3) is 3.48. The van der Waals surface area contributed by atoms with Crippen molar-refractivity contribution in [2.24, 2.45) is 11.3 Å². The molecule has 2 aliphatic rings. The van der Waals surface area contributed by atoms with E-state index in [0.29, 0.717) is 0 Å². The lowest BCUT2D eigenvalue weighted by molar-refractivity contribution is 0.110. The molecule has 0 spiro atoms. The van der Waals surface area contributed by atoms with Crippen molar-refractivity contribution in [1.82, 2.24) is 5.32 Å². The molecule has 2 saturated carbocycles. The Hall–Kier alpha value is -0.0400. The Balaban J connectivity index is 1.64. The van der Waals surface area contributed by atoms with Crippen molar-refractivity contribution in [3.05, 3.63) is 0 Å². The maximum atomic E-state index is 3.74. The molecule has 0 aliphatic heterocycles. The molecular weight excluding hydrogens is 182 g/mol. The predicted molar refractivity (Wildman–Crippen MR) is 66.0 cm³/mol. The topological polar surface area (TPSA) is 12.0 Å². The molecule has 0 aromatic heterocycles. The smallest absolute Gasteiger partial charge is 0.00684 e. The molecular formula is C14H27N. The first-order chi connectivity index (χ1) is 7.20. The second-order valence-electron chi connectivity index (χ2n) is 6.29. The molecule has 0 aromatic rings. The highest BCUT2D eigenvalue weighted by molar-refractivity contribution is 4.92. The molecule has 0 atom stereocenters. The molecule has 88 valence electrons. The van der Waals surface area contributed by atoms with Crippen LogP contribution in [0.5, 0.6) is 0 Å². The van der Waals surface area contributed by atoms with Gasteiger partial charge < -0.3 is 5.32 Å². The molecule has 1 N–H and O–H groups in total. The van der Waals surface area contributed by atoms with Crippen LogP contribution in [0.25, 0.3) is 0 Å². The molecule has 0 radical (unpaired) electrons. The Morgan fingerprint density at radius 1 is 1.27 bits per heavy atom. The van der Waals surface area contributed by atoms with Crippen molar-refractivity contribution in [2.45, 2.75) is 71.3 Å². The van der Waals surface area contributed by atoms with Crippen molar-refractivity contribution < 1.29 is 0 Å². The fourth-order valence-corrected chi connectivity index (χ4v) is 2.73. The molecule has 2 rings (SSSR count). The highest BCUT2D eigenvalue weighted by Gasteiger charge is 2.37. The van der Waals surface area contributed by atoms with Gasteiger partial charge in [-0.1, -0.05) is 33.1 Å². The van der Waals surface area contributed by atoms with Crippen LogP contribution in [0.15, 0.2) is 0 Å². The van der Waals surface area contributed by atoms with Gasteiger partial charge in [0.05, 0.1) is 0 Å². The summed E-state index contributed by atoms with van der Waals surface area (Å²) >= 11 is 0. The summed E-state index contributed by atoms with van der Waals surface area (Å²) in [5.74, 6) is 0.888. The van der Waals surface area contributed by atoms with Crippen LogP contribution in [0.1, 0.15) is 65.2 Å². The number of hydrogen-bond donors (Lipinski definition) is 1. The van der Waals surface area contributed by atoms with Crippen LogP contribution in [0, 0.1) is 11.3 Å². The van der Waals surface area contributed by atoms with Gasteiger partial charge >= 0.3 is 0 Å². The molecule has 0 amide bonds. The molecule has 0 aromatic carbocycles. The monoisotopic (exact) mass is 209 g/mol. The largest absolute Gasteiger partial charge is 0.313 e. The van der Waals surface area contributed by atoms with Gasteiger partial charge in [-0.05, 0) is 43.4 Å². The van der Waals surface area contributed by atoms with Gasteiger partial charge in [-0.25, -0.2) is 0 Å². The Morgan fingerprint density at radius 3 is 2.47 bits per heavy atom. The van der Waals surface area contributed by atoms with Crippen molar-refractivity contribution in [3.63, 3.8) is 0 Å². The van der Waals surface area contributed by atoms with Crippen LogP contribution in [0.2, 0.25) is 0 Å². The van der Waals surface area contributed by atoms with E-state index in [2.05, 4.69) is 19.2 Å². The van der Waals surface area contributed by atoms with E-state index in [1.807, 2.05) is 0 Å². The molecule has 0 unspecified atom stereocenters. The molecule has 2 aliphatic carbocycles. The maximum absolute atomic E-state index is 3.74. The minimum atomic E-state index is 0.720. The lowest BCUT2D eigenvalue weighted by Crippen LogP contribution is -2.40. The maximum Gasteiger partial charge on any atom is 0.00684 e. The third-order valence-electron chi connectivity index (χ3n) is 4.25. The van der Waals surface area contributed by atoms with E-state index in [9.17, 15) is 0 Å². The third-order valence-corrected chi connectivity index (χ3v) is 4.25. The van der Waals surface area contributed by atoms with E-state index in [4.69, 9.17) is 0 Å². The number of nitrogens with one attached hydrogen (secondary N) is 1. The first-order valence-electron chi connectivity index (χ1n) is 6.94. The zero-order valence-corrected chi connectivity index (χ0v) is 10.5. The number of rotatable bonds is 7. The molecule has 15 heavy (non-hydrogen) atoms. The minimum Gasteiger partial charge on any atom is -0.313 e. The van der Waals surface area contributed by atoms with E-state index < -0.39 is 0 Å². The van der Waals surface area contributed by atoms with Crippen LogP contribution in [-0.2, 0) is 0 Å². The van der Waals surface area contributed by atoms with Crippen molar-refractivity contribution in [3.8, 4) is 0 Å². The molecule has 0 saturated heterocycles. The molecule has 0 bridgehead atoms. The summed E-state index contributed by atoms with van der Waals surface area (Å²) in [5, 5.41) is 3.74. The second-order valence-corrected chi connectivity index (χ2v) is 6.29. The van der Waals surface area contributed by atoms with Gasteiger partial charge in [-0.15, -0.1) is 0 Å². The molecule has 1 heteroatoms. The summed E-state index contributed by atoms with van der Waals surface area (Å²) in [6.45, 7) is 6.00. The van der Waals surface area contributed by atoms with Gasteiger partial charge in [0, 0.05) is 12.6 Å². The first kappa shape index (κ1) is 11.4. The van der Waals surface area contributed by atoms with Crippen LogP contribution < -0.4 is 5.32 Å². The highest BCUT2D eigenvalue weighted by Crippen LogP contribution is 2.45. The fraction of sp³-hybridized carbons (Fsp3) is 1.00. The standard InChI is InChI=1S/C14H27N/c1-12(2)5-3-8-14(9-4-10-14)11-15-13-6-7-13/h12-13,15H,3-11H2,1-2H3. The average Bonchev–Trinajstić information content (AvgIpc) is 2.91. The summed E-state index contributed by atoms with van der Waals surface area (Å²) in [5.41, 5.74) is 0.720. The van der Waals surface area contributed by atoms with Crippen LogP contribution in [0.3, 0.4) is 0 Å². The predicted octanol–water partition coefficient (Wildman–Crippen LogP) is 3.74. The van der Waals surface area contributed by atoms with Gasteiger partial charge in [0.1, 0.15) is 0 Å². The minimum absolute atomic E-state index is 0.720. The highest BCUT2D eigenvalue weighted by atomic mass is 15.0. The summed E-state index contributed by atoms with van der Waals surface area (Å²) in [4.78, 5) is 0. The normalized spacial score (nSPS) is 24.2. The van der Waals surface area contributed by atoms with Crippen LogP contribution >= 0.6 is 0 Å². The lowest BCUT2D eigenvalue weighted by atomic mass is 9.65. The lowest BCUT2D eigenvalue weighted by Gasteiger charge is -2.42. The summed E-state index contributed by atoms with van der Waals surface area (Å²) in [6.07, 6.45) is 11.7. The van der Waals surface area contributed by atoms with Crippen molar-refractivity contribution in [2.75, 3.05) is 6.54 Å². The van der Waals surface area contributed by atoms with Crippen LogP contribution in [-0.4, -0.2) is 12.6 Å². The Labute approximate surface area is 95.0 Å². The van der Waals surface area contributed by atoms with E-state index in [1.165, 1.54) is 57.9 Å². The summed E-state index contributed by atoms with van der Waals surface area (Å²) in [6, 6.07) is 0.896. The van der Waals surface area contributed by atoms with E-state index >= 15 is 0 Å². The Morgan fingerprint density at radius 2 is 2.00 bits per heavy atom. The zero-order chi connectivity index (χ0) is 10.7. The van der Waals surface area contributed by atoms with Gasteiger partial charge in [0.15, 0.2) is 0 Å². The Kier molecular flexibility index (Phi) is 3.71. The molecule has 1 nitrogen and oxygen atoms in total. The second kappa shape index (κ2) is 4.86. The summed E-state index contributed by atoms with van der Waals surface area (Å²) < 4.78 is 0. The van der Waals surface area contributed by atoms with Gasteiger partial charge in [-0.3, -0.25) is 0 Å². The zero-order valence-electron chi connectivity index (χ0n) is 10.5. The Bertz CT molecular complexity index is 190. The van der Waals surface area contributed by atoms with Crippen molar-refractivity contribution >= 4 is 0 Å². The van der Waals surface area contributed by atoms with E-state index in [-0.39, 0.29) is 0 Å². The SMILES string of the molecule is CC(C)CCCC1(CNC2CC2)CCC1. The van der Waals surface area contributed by atoms with Crippen LogP contribution in [0.4, 0.5) is 0 Å². The quantitative estimate of drug-likeness (QED) is 0.673. The van der Waals surface area contributed by atoms with E-state index in [1.54, 1.807) is 0 Å².